The standard InChI is InChI=1S/C13H14O4/c1-7-5-9(11(14)15)6-10(8(7)2)13(3-4-13)12(16)17/h5-6H,3-4H2,1-2H3,(H,14,15)(H,16,17). The van der Waals surface area contributed by atoms with Crippen molar-refractivity contribution in [2.45, 2.75) is 32.1 Å². The number of aromatic carboxylic acids is 1. The molecule has 0 amide bonds. The van der Waals surface area contributed by atoms with E-state index in [2.05, 4.69) is 0 Å². The van der Waals surface area contributed by atoms with Crippen LogP contribution in [0.2, 0.25) is 0 Å². The third kappa shape index (κ3) is 1.69. The van der Waals surface area contributed by atoms with Gasteiger partial charge in [0.05, 0.1) is 11.0 Å². The second-order valence-corrected chi connectivity index (χ2v) is 4.66. The van der Waals surface area contributed by atoms with Gasteiger partial charge in [0.2, 0.25) is 0 Å². The van der Waals surface area contributed by atoms with Crippen molar-refractivity contribution in [3.63, 3.8) is 0 Å². The number of rotatable bonds is 3. The fraction of sp³-hybridized carbons (Fsp3) is 0.385. The molecule has 17 heavy (non-hydrogen) atoms. The largest absolute Gasteiger partial charge is 0.481 e. The Labute approximate surface area is 98.9 Å². The molecule has 4 heteroatoms. The summed E-state index contributed by atoms with van der Waals surface area (Å²) in [5, 5.41) is 18.3. The topological polar surface area (TPSA) is 74.6 Å². The van der Waals surface area contributed by atoms with Crippen LogP contribution >= 0.6 is 0 Å². The van der Waals surface area contributed by atoms with Crippen molar-refractivity contribution < 1.29 is 19.8 Å². The Morgan fingerprint density at radius 2 is 1.76 bits per heavy atom. The highest BCUT2D eigenvalue weighted by atomic mass is 16.4. The van der Waals surface area contributed by atoms with Gasteiger partial charge in [-0.3, -0.25) is 4.79 Å². The summed E-state index contributed by atoms with van der Waals surface area (Å²) in [7, 11) is 0. The molecule has 0 aliphatic heterocycles. The van der Waals surface area contributed by atoms with E-state index < -0.39 is 17.4 Å². The minimum atomic E-state index is -1.02. The molecule has 2 rings (SSSR count). The highest BCUT2D eigenvalue weighted by molar-refractivity contribution is 5.91. The molecule has 4 nitrogen and oxygen atoms in total. The van der Waals surface area contributed by atoms with Crippen molar-refractivity contribution in [3.8, 4) is 0 Å². The third-order valence-corrected chi connectivity index (χ3v) is 3.59. The molecule has 0 atom stereocenters. The van der Waals surface area contributed by atoms with Crippen molar-refractivity contribution in [3.05, 3.63) is 34.4 Å². The van der Waals surface area contributed by atoms with Crippen molar-refractivity contribution in [1.29, 1.82) is 0 Å². The maximum atomic E-state index is 11.3. The molecule has 90 valence electrons. The first-order chi connectivity index (χ1) is 7.88. The number of benzene rings is 1. The van der Waals surface area contributed by atoms with E-state index in [1.807, 2.05) is 13.8 Å². The van der Waals surface area contributed by atoms with Crippen LogP contribution in [0.5, 0.6) is 0 Å². The molecular weight excluding hydrogens is 220 g/mol. The molecule has 1 saturated carbocycles. The number of aliphatic carboxylic acids is 1. The molecule has 1 aromatic rings. The summed E-state index contributed by atoms with van der Waals surface area (Å²) >= 11 is 0. The number of carbonyl (C=O) groups is 2. The van der Waals surface area contributed by atoms with E-state index in [0.29, 0.717) is 18.4 Å². The molecule has 0 heterocycles. The second kappa shape index (κ2) is 3.58. The molecule has 2 N–H and O–H groups in total. The lowest BCUT2D eigenvalue weighted by atomic mass is 9.88. The molecule has 1 aliphatic carbocycles. The summed E-state index contributed by atoms with van der Waals surface area (Å²) in [5.74, 6) is -1.88. The molecule has 1 fully saturated rings. The maximum absolute atomic E-state index is 11.3. The number of aryl methyl sites for hydroxylation is 1. The second-order valence-electron chi connectivity index (χ2n) is 4.66. The van der Waals surface area contributed by atoms with Crippen LogP contribution in [0.4, 0.5) is 0 Å². The van der Waals surface area contributed by atoms with Gasteiger partial charge in [0.25, 0.3) is 0 Å². The lowest BCUT2D eigenvalue weighted by Gasteiger charge is -2.16. The Morgan fingerprint density at radius 3 is 2.18 bits per heavy atom. The van der Waals surface area contributed by atoms with E-state index in [-0.39, 0.29) is 5.56 Å². The molecule has 0 unspecified atom stereocenters. The van der Waals surface area contributed by atoms with E-state index in [1.165, 1.54) is 6.07 Å². The van der Waals surface area contributed by atoms with E-state index in [1.54, 1.807) is 6.07 Å². The Bertz CT molecular complexity index is 512. The van der Waals surface area contributed by atoms with Gasteiger partial charge in [-0.15, -0.1) is 0 Å². The molecule has 1 aromatic carbocycles. The number of hydrogen-bond donors (Lipinski definition) is 2. The van der Waals surface area contributed by atoms with Crippen molar-refractivity contribution >= 4 is 11.9 Å². The minimum absolute atomic E-state index is 0.163. The Hall–Kier alpha value is -1.84. The van der Waals surface area contributed by atoms with Crippen LogP contribution in [0.3, 0.4) is 0 Å². The van der Waals surface area contributed by atoms with Crippen LogP contribution in [-0.4, -0.2) is 22.2 Å². The summed E-state index contributed by atoms with van der Waals surface area (Å²) in [4.78, 5) is 22.3. The van der Waals surface area contributed by atoms with Crippen molar-refractivity contribution in [2.75, 3.05) is 0 Å². The summed E-state index contributed by atoms with van der Waals surface area (Å²) in [6, 6.07) is 3.09. The van der Waals surface area contributed by atoms with Gasteiger partial charge in [0, 0.05) is 0 Å². The average molecular weight is 234 g/mol. The van der Waals surface area contributed by atoms with Gasteiger partial charge in [-0.2, -0.15) is 0 Å². The van der Waals surface area contributed by atoms with Crippen LogP contribution in [0, 0.1) is 13.8 Å². The molecule has 1 aliphatic rings. The highest BCUT2D eigenvalue weighted by Gasteiger charge is 2.52. The maximum Gasteiger partial charge on any atom is 0.335 e. The zero-order valence-corrected chi connectivity index (χ0v) is 9.78. The first kappa shape index (κ1) is 11.6. The lowest BCUT2D eigenvalue weighted by molar-refractivity contribution is -0.140. The van der Waals surface area contributed by atoms with Crippen LogP contribution in [0.1, 0.15) is 39.9 Å². The van der Waals surface area contributed by atoms with E-state index >= 15 is 0 Å². The summed E-state index contributed by atoms with van der Waals surface area (Å²) < 4.78 is 0. The van der Waals surface area contributed by atoms with Gasteiger partial charge in [-0.1, -0.05) is 0 Å². The molecule has 0 saturated heterocycles. The van der Waals surface area contributed by atoms with E-state index in [0.717, 1.165) is 11.1 Å². The Morgan fingerprint density at radius 1 is 1.18 bits per heavy atom. The summed E-state index contributed by atoms with van der Waals surface area (Å²) in [6.07, 6.45) is 1.18. The molecule has 0 aromatic heterocycles. The highest BCUT2D eigenvalue weighted by Crippen LogP contribution is 2.50. The van der Waals surface area contributed by atoms with Crippen molar-refractivity contribution in [1.82, 2.24) is 0 Å². The normalized spacial score (nSPS) is 16.6. The van der Waals surface area contributed by atoms with Crippen LogP contribution < -0.4 is 0 Å². The number of hydrogen-bond acceptors (Lipinski definition) is 2. The van der Waals surface area contributed by atoms with Crippen LogP contribution in [0.15, 0.2) is 12.1 Å². The number of carboxylic acids is 2. The van der Waals surface area contributed by atoms with Gasteiger partial charge in [-0.05, 0) is 55.5 Å². The summed E-state index contributed by atoms with van der Waals surface area (Å²) in [6.45, 7) is 3.66. The van der Waals surface area contributed by atoms with Gasteiger partial charge in [-0.25, -0.2) is 4.79 Å². The predicted molar refractivity (Wildman–Crippen MR) is 61.4 cm³/mol. The predicted octanol–water partition coefficient (Wildman–Crippen LogP) is 2.12. The minimum Gasteiger partial charge on any atom is -0.481 e. The monoisotopic (exact) mass is 234 g/mol. The van der Waals surface area contributed by atoms with Gasteiger partial charge in [0.1, 0.15) is 0 Å². The fourth-order valence-electron chi connectivity index (χ4n) is 2.20. The smallest absolute Gasteiger partial charge is 0.335 e. The van der Waals surface area contributed by atoms with Crippen LogP contribution in [0.25, 0.3) is 0 Å². The zero-order valence-electron chi connectivity index (χ0n) is 9.78. The number of carboxylic acid groups (broad SMARTS) is 2. The zero-order chi connectivity index (χ0) is 12.8. The van der Waals surface area contributed by atoms with Crippen molar-refractivity contribution in [2.24, 2.45) is 0 Å². The molecular formula is C13H14O4. The SMILES string of the molecule is Cc1cc(C(=O)O)cc(C2(C(=O)O)CC2)c1C. The Kier molecular flexibility index (Phi) is 2.45. The van der Waals surface area contributed by atoms with Gasteiger partial charge < -0.3 is 10.2 Å². The van der Waals surface area contributed by atoms with E-state index in [4.69, 9.17) is 5.11 Å². The first-order valence-electron chi connectivity index (χ1n) is 5.47. The first-order valence-corrected chi connectivity index (χ1v) is 5.47. The molecule has 0 radical (unpaired) electrons. The lowest BCUT2D eigenvalue weighted by Crippen LogP contribution is -2.21. The van der Waals surface area contributed by atoms with Gasteiger partial charge in [0.15, 0.2) is 0 Å². The average Bonchev–Trinajstić information content (AvgIpc) is 3.02. The fourth-order valence-corrected chi connectivity index (χ4v) is 2.20. The Balaban J connectivity index is 2.61. The van der Waals surface area contributed by atoms with Gasteiger partial charge >= 0.3 is 11.9 Å². The third-order valence-electron chi connectivity index (χ3n) is 3.59. The molecule has 0 bridgehead atoms. The van der Waals surface area contributed by atoms with Crippen LogP contribution in [-0.2, 0) is 10.2 Å². The molecule has 0 spiro atoms. The van der Waals surface area contributed by atoms with E-state index in [9.17, 15) is 14.7 Å². The quantitative estimate of drug-likeness (QED) is 0.840. The summed E-state index contributed by atoms with van der Waals surface area (Å²) in [5.41, 5.74) is 1.68.